The molecule has 0 radical (unpaired) electrons. The summed E-state index contributed by atoms with van der Waals surface area (Å²) in [6.45, 7) is 1.85. The van der Waals surface area contributed by atoms with Crippen LogP contribution in [0.3, 0.4) is 0 Å². The van der Waals surface area contributed by atoms with Crippen molar-refractivity contribution in [1.29, 1.82) is 0 Å². The van der Waals surface area contributed by atoms with Gasteiger partial charge in [-0.05, 0) is 30.7 Å². The number of anilines is 1. The van der Waals surface area contributed by atoms with E-state index < -0.39 is 6.09 Å². The molecule has 5 heteroatoms. The van der Waals surface area contributed by atoms with Gasteiger partial charge in [0, 0.05) is 10.7 Å². The van der Waals surface area contributed by atoms with Gasteiger partial charge in [0.2, 0.25) is 0 Å². The molecule has 0 aliphatic carbocycles. The lowest BCUT2D eigenvalue weighted by atomic mass is 10.2. The van der Waals surface area contributed by atoms with Crippen LogP contribution in [0.2, 0.25) is 5.02 Å². The van der Waals surface area contributed by atoms with Gasteiger partial charge in [-0.3, -0.25) is 10.1 Å². The maximum atomic E-state index is 10.9. The number of amides is 1. The first-order chi connectivity index (χ1) is 6.63. The predicted octanol–water partition coefficient (Wildman–Crippen LogP) is 2.35. The van der Waals surface area contributed by atoms with E-state index in [4.69, 9.17) is 11.6 Å². The van der Waals surface area contributed by atoms with Crippen molar-refractivity contribution in [2.24, 2.45) is 0 Å². The number of nitrogens with one attached hydrogen (secondary N) is 1. The van der Waals surface area contributed by atoms with Gasteiger partial charge in [-0.25, -0.2) is 4.79 Å². The molecule has 0 spiro atoms. The molecule has 0 heterocycles. The van der Waals surface area contributed by atoms with Crippen LogP contribution >= 0.6 is 11.6 Å². The molecule has 0 atom stereocenters. The fourth-order valence-electron chi connectivity index (χ4n) is 0.950. The Morgan fingerprint density at radius 2 is 2.29 bits per heavy atom. The third kappa shape index (κ3) is 2.74. The molecule has 74 valence electrons. The van der Waals surface area contributed by atoms with E-state index in [1.807, 2.05) is 0 Å². The fourth-order valence-corrected chi connectivity index (χ4v) is 1.18. The third-order valence-electron chi connectivity index (χ3n) is 1.58. The van der Waals surface area contributed by atoms with Crippen LogP contribution in [0.1, 0.15) is 5.56 Å². The van der Waals surface area contributed by atoms with E-state index in [2.05, 4.69) is 10.1 Å². The molecule has 1 amide bonds. The van der Waals surface area contributed by atoms with E-state index in [-0.39, 0.29) is 6.47 Å². The summed E-state index contributed by atoms with van der Waals surface area (Å²) in [7, 11) is 0. The van der Waals surface area contributed by atoms with Crippen molar-refractivity contribution in [3.63, 3.8) is 0 Å². The monoisotopic (exact) mass is 213 g/mol. The number of carbonyl (C=O) groups is 2. The first-order valence-corrected chi connectivity index (χ1v) is 4.18. The summed E-state index contributed by atoms with van der Waals surface area (Å²) in [5.74, 6) is 0. The van der Waals surface area contributed by atoms with Crippen LogP contribution in [0.4, 0.5) is 10.5 Å². The Kier molecular flexibility index (Phi) is 3.48. The summed E-state index contributed by atoms with van der Waals surface area (Å²) in [6, 6.07) is 4.95. The summed E-state index contributed by atoms with van der Waals surface area (Å²) in [5, 5.41) is 2.97. The van der Waals surface area contributed by atoms with Gasteiger partial charge in [-0.15, -0.1) is 0 Å². The number of benzene rings is 1. The molecule has 14 heavy (non-hydrogen) atoms. The van der Waals surface area contributed by atoms with E-state index in [0.29, 0.717) is 10.7 Å². The number of rotatable bonds is 2. The van der Waals surface area contributed by atoms with Gasteiger partial charge < -0.3 is 4.74 Å². The fraction of sp³-hybridized carbons (Fsp3) is 0.111. The highest BCUT2D eigenvalue weighted by molar-refractivity contribution is 6.30. The highest BCUT2D eigenvalue weighted by Crippen LogP contribution is 2.19. The molecule has 0 saturated carbocycles. The van der Waals surface area contributed by atoms with Gasteiger partial charge in [-0.1, -0.05) is 11.6 Å². The Morgan fingerprint density at radius 1 is 1.57 bits per heavy atom. The number of ether oxygens (including phenoxy) is 1. The number of halogens is 1. The second-order valence-electron chi connectivity index (χ2n) is 2.59. The Hall–Kier alpha value is -1.55. The summed E-state index contributed by atoms with van der Waals surface area (Å²) >= 11 is 5.71. The number of hydrogen-bond donors (Lipinski definition) is 1. The molecule has 0 bridgehead atoms. The molecular formula is C9H8ClNO3. The quantitative estimate of drug-likeness (QED) is 0.606. The average molecular weight is 214 g/mol. The summed E-state index contributed by atoms with van der Waals surface area (Å²) < 4.78 is 4.07. The van der Waals surface area contributed by atoms with Crippen LogP contribution < -0.4 is 5.32 Å². The van der Waals surface area contributed by atoms with Gasteiger partial charge in [0.15, 0.2) is 0 Å². The highest BCUT2D eigenvalue weighted by atomic mass is 35.5. The maximum absolute atomic E-state index is 10.9. The zero-order chi connectivity index (χ0) is 10.6. The summed E-state index contributed by atoms with van der Waals surface area (Å²) in [5.41, 5.74) is 1.35. The lowest BCUT2D eigenvalue weighted by Crippen LogP contribution is -2.13. The first kappa shape index (κ1) is 10.5. The molecule has 0 aromatic heterocycles. The van der Waals surface area contributed by atoms with Crippen molar-refractivity contribution >= 4 is 29.9 Å². The summed E-state index contributed by atoms with van der Waals surface area (Å²) in [6.07, 6.45) is -0.814. The van der Waals surface area contributed by atoms with Crippen molar-refractivity contribution in [2.75, 3.05) is 5.32 Å². The molecule has 1 aromatic carbocycles. The van der Waals surface area contributed by atoms with Crippen LogP contribution in [-0.4, -0.2) is 12.6 Å². The molecule has 0 saturated heterocycles. The molecular weight excluding hydrogens is 206 g/mol. The highest BCUT2D eigenvalue weighted by Gasteiger charge is 2.04. The minimum Gasteiger partial charge on any atom is -0.378 e. The van der Waals surface area contributed by atoms with Crippen LogP contribution in [0.15, 0.2) is 18.2 Å². The SMILES string of the molecule is Cc1cc(Cl)ccc1NC(=O)OC=O. The molecule has 1 rings (SSSR count). The maximum Gasteiger partial charge on any atom is 0.419 e. The minimum absolute atomic E-state index is 0.0700. The topological polar surface area (TPSA) is 55.4 Å². The largest absolute Gasteiger partial charge is 0.419 e. The molecule has 0 aliphatic heterocycles. The zero-order valence-electron chi connectivity index (χ0n) is 7.41. The summed E-state index contributed by atoms with van der Waals surface area (Å²) in [4.78, 5) is 20.7. The molecule has 0 fully saturated rings. The Labute approximate surface area is 85.8 Å². The first-order valence-electron chi connectivity index (χ1n) is 3.81. The zero-order valence-corrected chi connectivity index (χ0v) is 8.17. The van der Waals surface area contributed by atoms with Crippen LogP contribution in [0, 0.1) is 6.92 Å². The van der Waals surface area contributed by atoms with Gasteiger partial charge >= 0.3 is 12.6 Å². The van der Waals surface area contributed by atoms with Gasteiger partial charge in [0.1, 0.15) is 0 Å². The van der Waals surface area contributed by atoms with Gasteiger partial charge in [-0.2, -0.15) is 0 Å². The van der Waals surface area contributed by atoms with E-state index in [1.165, 1.54) is 0 Å². The minimum atomic E-state index is -0.814. The van der Waals surface area contributed by atoms with E-state index >= 15 is 0 Å². The van der Waals surface area contributed by atoms with Crippen LogP contribution in [0.25, 0.3) is 0 Å². The third-order valence-corrected chi connectivity index (χ3v) is 1.82. The van der Waals surface area contributed by atoms with E-state index in [1.54, 1.807) is 25.1 Å². The van der Waals surface area contributed by atoms with Crippen LogP contribution in [-0.2, 0) is 9.53 Å². The van der Waals surface area contributed by atoms with Gasteiger partial charge in [0.25, 0.3) is 0 Å². The van der Waals surface area contributed by atoms with E-state index in [9.17, 15) is 9.59 Å². The number of aryl methyl sites for hydroxylation is 1. The van der Waals surface area contributed by atoms with Crippen LogP contribution in [0.5, 0.6) is 0 Å². The number of carbonyl (C=O) groups excluding carboxylic acids is 2. The van der Waals surface area contributed by atoms with Crippen molar-refractivity contribution in [3.05, 3.63) is 28.8 Å². The van der Waals surface area contributed by atoms with Crippen molar-refractivity contribution in [3.8, 4) is 0 Å². The lowest BCUT2D eigenvalue weighted by Gasteiger charge is -2.06. The smallest absolute Gasteiger partial charge is 0.378 e. The normalized spacial score (nSPS) is 9.29. The second-order valence-corrected chi connectivity index (χ2v) is 3.02. The Bertz CT molecular complexity index is 365. The standard InChI is InChI=1S/C9H8ClNO3/c1-6-4-7(10)2-3-8(6)11-9(13)14-5-12/h2-5H,1H3,(H,11,13). The lowest BCUT2D eigenvalue weighted by molar-refractivity contribution is -0.122. The van der Waals surface area contributed by atoms with Gasteiger partial charge in [0.05, 0.1) is 0 Å². The number of hydrogen-bond acceptors (Lipinski definition) is 3. The molecule has 0 aliphatic rings. The molecule has 0 unspecified atom stereocenters. The van der Waals surface area contributed by atoms with Crippen molar-refractivity contribution in [2.45, 2.75) is 6.92 Å². The second kappa shape index (κ2) is 4.62. The predicted molar refractivity (Wildman–Crippen MR) is 52.4 cm³/mol. The molecule has 1 N–H and O–H groups in total. The van der Waals surface area contributed by atoms with Crippen molar-refractivity contribution < 1.29 is 14.3 Å². The van der Waals surface area contributed by atoms with Crippen molar-refractivity contribution in [1.82, 2.24) is 0 Å². The molecule has 1 aromatic rings. The van der Waals surface area contributed by atoms with E-state index in [0.717, 1.165) is 5.56 Å². The molecule has 4 nitrogen and oxygen atoms in total. The average Bonchev–Trinajstić information content (AvgIpc) is 2.10. The Morgan fingerprint density at radius 3 is 2.86 bits per heavy atom. The Balaban J connectivity index is 2.76.